The number of nitrogens with one attached hydrogen (secondary N) is 2. The molecule has 2 N–H and O–H groups in total. The highest BCUT2D eigenvalue weighted by Gasteiger charge is 2.21. The molecule has 210 valence electrons. The number of carbonyl (C=O) groups excluding carboxylic acids is 1. The number of anilines is 1. The van der Waals surface area contributed by atoms with Crippen molar-refractivity contribution in [1.29, 1.82) is 0 Å². The molecule has 1 amide bonds. The summed E-state index contributed by atoms with van der Waals surface area (Å²) in [5.41, 5.74) is 4.96. The Bertz CT molecular complexity index is 1230. The maximum Gasteiger partial charge on any atom is 0.293 e. The monoisotopic (exact) mass is 549 g/mol. The molecule has 8 heteroatoms. The van der Waals surface area contributed by atoms with Crippen LogP contribution in [-0.2, 0) is 11.3 Å². The molecule has 1 aromatic carbocycles. The van der Waals surface area contributed by atoms with Gasteiger partial charge in [-0.15, -0.1) is 0 Å². The number of aromatic nitrogens is 2. The van der Waals surface area contributed by atoms with Gasteiger partial charge in [0.15, 0.2) is 5.82 Å². The Balaban J connectivity index is 0.00000420. The summed E-state index contributed by atoms with van der Waals surface area (Å²) in [6.07, 6.45) is 15.1. The fourth-order valence-corrected chi connectivity index (χ4v) is 5.08. The van der Waals surface area contributed by atoms with Crippen LogP contribution in [0.3, 0.4) is 0 Å². The van der Waals surface area contributed by atoms with E-state index in [2.05, 4.69) is 69.9 Å². The molecule has 7 nitrogen and oxygen atoms in total. The molecule has 1 fully saturated rings. The smallest absolute Gasteiger partial charge is 0.293 e. The topological polar surface area (TPSA) is 79.3 Å². The lowest BCUT2D eigenvalue weighted by Crippen LogP contribution is -2.41. The van der Waals surface area contributed by atoms with Gasteiger partial charge in [0.2, 0.25) is 5.91 Å². The molecule has 0 unspecified atom stereocenters. The van der Waals surface area contributed by atoms with E-state index in [0.29, 0.717) is 25.3 Å². The zero-order chi connectivity index (χ0) is 26.7. The zero-order valence-electron chi connectivity index (χ0n) is 23.3. The quantitative estimate of drug-likeness (QED) is 0.417. The fourth-order valence-electron chi connectivity index (χ4n) is 5.08. The summed E-state index contributed by atoms with van der Waals surface area (Å²) >= 11 is 0. The maximum absolute atomic E-state index is 13.1. The lowest BCUT2D eigenvalue weighted by atomic mass is 9.98. The van der Waals surface area contributed by atoms with E-state index in [1.165, 1.54) is 22.3 Å². The fraction of sp³-hybridized carbons (Fsp3) is 0.452. The maximum atomic E-state index is 13.1. The van der Waals surface area contributed by atoms with Crippen LogP contribution in [0.15, 0.2) is 76.4 Å². The third kappa shape index (κ3) is 9.55. The van der Waals surface area contributed by atoms with Gasteiger partial charge in [-0.25, -0.2) is 4.98 Å². The van der Waals surface area contributed by atoms with Crippen LogP contribution >= 0.6 is 13.5 Å². The number of allylic oxidation sites excluding steroid dienone is 3. The zero-order valence-corrected chi connectivity index (χ0v) is 24.3. The molecule has 1 aromatic heterocycles. The number of piperidine rings is 1. The predicted octanol–water partition coefficient (Wildman–Crippen LogP) is 4.90. The minimum absolute atomic E-state index is 0. The Labute approximate surface area is 239 Å². The van der Waals surface area contributed by atoms with E-state index < -0.39 is 0 Å². The molecule has 4 rings (SSSR count). The van der Waals surface area contributed by atoms with Crippen molar-refractivity contribution in [3.8, 4) is 0 Å². The van der Waals surface area contributed by atoms with Crippen molar-refractivity contribution in [2.75, 3.05) is 31.5 Å². The highest BCUT2D eigenvalue weighted by atomic mass is 32.1. The Morgan fingerprint density at radius 2 is 1.82 bits per heavy atom. The van der Waals surface area contributed by atoms with Crippen LogP contribution in [-0.4, -0.2) is 52.6 Å². The normalized spacial score (nSPS) is 16.6. The van der Waals surface area contributed by atoms with Crippen LogP contribution in [0.2, 0.25) is 0 Å². The first-order valence-electron chi connectivity index (χ1n) is 13.9. The first-order valence-corrected chi connectivity index (χ1v) is 13.9. The number of likely N-dealkylation sites (tertiary alicyclic amines) is 1. The lowest BCUT2D eigenvalue weighted by Gasteiger charge is -2.32. The highest BCUT2D eigenvalue weighted by Crippen LogP contribution is 2.20. The van der Waals surface area contributed by atoms with Crippen molar-refractivity contribution in [2.45, 2.75) is 65.0 Å². The van der Waals surface area contributed by atoms with Crippen molar-refractivity contribution in [3.63, 3.8) is 0 Å². The number of amides is 1. The van der Waals surface area contributed by atoms with Crippen LogP contribution in [0.5, 0.6) is 0 Å². The van der Waals surface area contributed by atoms with E-state index in [0.717, 1.165) is 51.7 Å². The molecule has 0 bridgehead atoms. The van der Waals surface area contributed by atoms with Gasteiger partial charge in [-0.05, 0) is 44.6 Å². The Morgan fingerprint density at radius 3 is 2.51 bits per heavy atom. The van der Waals surface area contributed by atoms with E-state index in [-0.39, 0.29) is 31.0 Å². The van der Waals surface area contributed by atoms with E-state index >= 15 is 0 Å². The molecular weight excluding hydrogens is 506 g/mol. The van der Waals surface area contributed by atoms with Gasteiger partial charge in [-0.1, -0.05) is 72.2 Å². The van der Waals surface area contributed by atoms with E-state index in [1.54, 1.807) is 17.0 Å². The van der Waals surface area contributed by atoms with Crippen LogP contribution < -0.4 is 16.2 Å². The van der Waals surface area contributed by atoms with Crippen LogP contribution in [0.1, 0.15) is 57.9 Å². The summed E-state index contributed by atoms with van der Waals surface area (Å²) in [6.45, 7) is 8.33. The molecule has 0 atom stereocenters. The first-order chi connectivity index (χ1) is 18.5. The van der Waals surface area contributed by atoms with Gasteiger partial charge in [-0.2, -0.15) is 13.5 Å². The van der Waals surface area contributed by atoms with Gasteiger partial charge < -0.3 is 15.2 Å². The molecule has 2 heterocycles. The van der Waals surface area contributed by atoms with Crippen LogP contribution in [0.25, 0.3) is 6.08 Å². The van der Waals surface area contributed by atoms with Crippen molar-refractivity contribution >= 4 is 31.3 Å². The van der Waals surface area contributed by atoms with Crippen molar-refractivity contribution in [1.82, 2.24) is 19.8 Å². The summed E-state index contributed by atoms with van der Waals surface area (Å²) < 4.78 is 1.75. The number of carbonyl (C=O) groups is 1. The molecule has 2 aliphatic rings. The molecule has 39 heavy (non-hydrogen) atoms. The number of rotatable bonds is 11. The van der Waals surface area contributed by atoms with E-state index in [4.69, 9.17) is 0 Å². The van der Waals surface area contributed by atoms with Crippen molar-refractivity contribution in [2.24, 2.45) is 0 Å². The minimum Gasteiger partial charge on any atom is -0.363 e. The number of benzene rings is 1. The average Bonchev–Trinajstić information content (AvgIpc) is 2.92. The minimum atomic E-state index is -0.0703. The number of nitrogens with zero attached hydrogens (tertiary/aromatic N) is 3. The van der Waals surface area contributed by atoms with Crippen molar-refractivity contribution in [3.05, 3.63) is 87.5 Å². The predicted molar refractivity (Wildman–Crippen MR) is 165 cm³/mol. The Kier molecular flexibility index (Phi) is 12.1. The molecule has 1 aliphatic heterocycles. The van der Waals surface area contributed by atoms with Gasteiger partial charge in [-0.3, -0.25) is 14.5 Å². The standard InChI is InChI=1S/C31H41N5O2.H2S/c1-3-7-29(37)33-21-26-10-12-27(13-11-26)23-36-19-16-32-30(31(36)38)34-28-14-17-35(18-15-28)22-24(2)20-25-8-5-4-6-9-25;/h4-6,8-10,12,16,19-20,28H,3,7,11,13-15,17-18,21-23H2,1-2H3,(H,32,34)(H,33,37);1H2/b24-20+;. The summed E-state index contributed by atoms with van der Waals surface area (Å²) in [5.74, 6) is 0.546. The number of hydrogen-bond acceptors (Lipinski definition) is 5. The second-order valence-corrected chi connectivity index (χ2v) is 10.5. The molecule has 0 saturated carbocycles. The second kappa shape index (κ2) is 15.5. The van der Waals surface area contributed by atoms with E-state index in [9.17, 15) is 9.59 Å². The summed E-state index contributed by atoms with van der Waals surface area (Å²) in [7, 11) is 0. The average molecular weight is 550 g/mol. The summed E-state index contributed by atoms with van der Waals surface area (Å²) in [6, 6.07) is 10.7. The third-order valence-electron chi connectivity index (χ3n) is 7.21. The number of hydrogen-bond donors (Lipinski definition) is 2. The molecule has 1 saturated heterocycles. The molecule has 2 aromatic rings. The van der Waals surface area contributed by atoms with Gasteiger partial charge >= 0.3 is 0 Å². The largest absolute Gasteiger partial charge is 0.363 e. The van der Waals surface area contributed by atoms with Gasteiger partial charge in [0.25, 0.3) is 5.56 Å². The summed E-state index contributed by atoms with van der Waals surface area (Å²) in [5, 5.41) is 6.41. The van der Waals surface area contributed by atoms with Gasteiger partial charge in [0.05, 0.1) is 0 Å². The van der Waals surface area contributed by atoms with E-state index in [1.807, 2.05) is 13.0 Å². The van der Waals surface area contributed by atoms with Crippen LogP contribution in [0.4, 0.5) is 5.82 Å². The van der Waals surface area contributed by atoms with Crippen LogP contribution in [0, 0.1) is 0 Å². The molecule has 0 spiro atoms. The van der Waals surface area contributed by atoms with Crippen molar-refractivity contribution < 1.29 is 4.79 Å². The molecule has 1 aliphatic carbocycles. The lowest BCUT2D eigenvalue weighted by molar-refractivity contribution is -0.120. The SMILES string of the molecule is CCCC(=O)NCC1=CC=C(Cn2ccnc(NC3CCN(C/C(C)=C/c4ccccc4)CC3)c2=O)CC1.S. The van der Waals surface area contributed by atoms with Gasteiger partial charge in [0.1, 0.15) is 0 Å². The van der Waals surface area contributed by atoms with Gasteiger partial charge in [0, 0.05) is 57.6 Å². The third-order valence-corrected chi connectivity index (χ3v) is 7.21. The second-order valence-electron chi connectivity index (χ2n) is 10.5. The Morgan fingerprint density at radius 1 is 1.10 bits per heavy atom. The molecular formula is C31H43N5O2S. The summed E-state index contributed by atoms with van der Waals surface area (Å²) in [4.78, 5) is 31.7. The Hall–Kier alpha value is -3.10. The molecule has 0 radical (unpaired) electrons. The highest BCUT2D eigenvalue weighted by molar-refractivity contribution is 7.59. The first kappa shape index (κ1) is 30.4.